The molecule has 0 amide bonds. The Kier molecular flexibility index (Phi) is 5.40. The summed E-state index contributed by atoms with van der Waals surface area (Å²) in [6.07, 6.45) is 16.7. The van der Waals surface area contributed by atoms with Gasteiger partial charge in [-0.3, -0.25) is 29.9 Å². The lowest BCUT2D eigenvalue weighted by atomic mass is 10.1. The topological polar surface area (TPSA) is 112 Å². The van der Waals surface area contributed by atoms with Gasteiger partial charge >= 0.3 is 0 Å². The summed E-state index contributed by atoms with van der Waals surface area (Å²) in [5, 5.41) is 8.63. The Hall–Kier alpha value is -4.50. The monoisotopic (exact) mass is 487 g/mol. The number of nitrogens with zero attached hydrogens (tertiary/aromatic N) is 7. The highest BCUT2D eigenvalue weighted by molar-refractivity contribution is 5.97. The van der Waals surface area contributed by atoms with E-state index in [0.717, 1.165) is 69.6 Å². The molecule has 0 saturated carbocycles. The molecule has 6 aromatic heterocycles. The first-order valence-corrected chi connectivity index (χ1v) is 12.6. The molecule has 1 aliphatic heterocycles. The predicted octanol–water partition coefficient (Wildman–Crippen LogP) is 5.01. The van der Waals surface area contributed by atoms with Crippen molar-refractivity contribution in [3.05, 3.63) is 73.2 Å². The Morgan fingerprint density at radius 3 is 2.57 bits per heavy atom. The fourth-order valence-electron chi connectivity index (χ4n) is 5.13. The van der Waals surface area contributed by atoms with Gasteiger partial charge in [-0.05, 0) is 61.3 Å². The van der Waals surface area contributed by atoms with Gasteiger partial charge in [0.15, 0.2) is 5.82 Å². The maximum atomic E-state index is 4.93. The van der Waals surface area contributed by atoms with E-state index in [1.807, 2.05) is 36.9 Å². The van der Waals surface area contributed by atoms with E-state index in [1.54, 1.807) is 18.6 Å². The average molecular weight is 488 g/mol. The van der Waals surface area contributed by atoms with Crippen LogP contribution in [0.5, 0.6) is 0 Å². The summed E-state index contributed by atoms with van der Waals surface area (Å²) in [7, 11) is 0. The van der Waals surface area contributed by atoms with Crippen LogP contribution < -0.4 is 0 Å². The molecule has 9 heteroatoms. The molecule has 182 valence electrons. The molecule has 37 heavy (non-hydrogen) atoms. The third kappa shape index (κ3) is 4.13. The van der Waals surface area contributed by atoms with Gasteiger partial charge in [0.05, 0.1) is 34.6 Å². The highest BCUT2D eigenvalue weighted by Gasteiger charge is 2.17. The molecule has 7 rings (SSSR count). The normalized spacial score (nSPS) is 14.5. The second kappa shape index (κ2) is 9.18. The average Bonchev–Trinajstić information content (AvgIpc) is 3.58. The molecule has 2 N–H and O–H groups in total. The number of aromatic amines is 2. The molecule has 1 fully saturated rings. The maximum Gasteiger partial charge on any atom is 0.159 e. The largest absolute Gasteiger partial charge is 0.335 e. The van der Waals surface area contributed by atoms with E-state index in [0.29, 0.717) is 5.82 Å². The van der Waals surface area contributed by atoms with Gasteiger partial charge in [0, 0.05) is 54.0 Å². The molecule has 6 aromatic rings. The Bertz CT molecular complexity index is 1700. The minimum atomic E-state index is 0.679. The van der Waals surface area contributed by atoms with Crippen molar-refractivity contribution >= 4 is 21.9 Å². The number of nitrogens with one attached hydrogen (secondary N) is 2. The van der Waals surface area contributed by atoms with Crippen molar-refractivity contribution in [3.8, 4) is 33.9 Å². The summed E-state index contributed by atoms with van der Waals surface area (Å²) in [6, 6.07) is 8.18. The van der Waals surface area contributed by atoms with Crippen molar-refractivity contribution in [2.45, 2.75) is 25.8 Å². The van der Waals surface area contributed by atoms with E-state index in [4.69, 9.17) is 9.97 Å². The lowest BCUT2D eigenvalue weighted by Gasteiger charge is -2.26. The van der Waals surface area contributed by atoms with E-state index >= 15 is 0 Å². The fourth-order valence-corrected chi connectivity index (χ4v) is 5.13. The van der Waals surface area contributed by atoms with Crippen LogP contribution in [0.4, 0.5) is 0 Å². The number of likely N-dealkylation sites (tertiary alicyclic amines) is 1. The van der Waals surface area contributed by atoms with Crippen LogP contribution in [0.3, 0.4) is 0 Å². The van der Waals surface area contributed by atoms with Crippen LogP contribution in [-0.4, -0.2) is 58.1 Å². The zero-order valence-electron chi connectivity index (χ0n) is 20.2. The van der Waals surface area contributed by atoms with Gasteiger partial charge in [-0.25, -0.2) is 4.98 Å². The molecule has 0 bridgehead atoms. The Balaban J connectivity index is 1.26. The smallest absolute Gasteiger partial charge is 0.159 e. The van der Waals surface area contributed by atoms with Crippen molar-refractivity contribution in [2.24, 2.45) is 0 Å². The summed E-state index contributed by atoms with van der Waals surface area (Å²) in [5.74, 6) is 0.679. The quantitative estimate of drug-likeness (QED) is 0.352. The van der Waals surface area contributed by atoms with Gasteiger partial charge in [-0.1, -0.05) is 6.42 Å². The van der Waals surface area contributed by atoms with Gasteiger partial charge < -0.3 is 4.98 Å². The van der Waals surface area contributed by atoms with Gasteiger partial charge in [-0.2, -0.15) is 5.10 Å². The van der Waals surface area contributed by atoms with Crippen molar-refractivity contribution < 1.29 is 0 Å². The third-order valence-electron chi connectivity index (χ3n) is 7.00. The first-order chi connectivity index (χ1) is 18.3. The number of aromatic nitrogens is 8. The molecule has 7 heterocycles. The standard InChI is InChI=1S/C28H25N9/c1-2-8-37(9-3-1)17-18-10-20(13-30-12-18)23-11-21-24(16-32-23)35-36-27(21)28-33-25-15-31-14-22(26(25)34-28)19-4-6-29-7-5-19/h4-7,10-16H,1-3,8-9,17H2,(H,33,34)(H,35,36). The lowest BCUT2D eigenvalue weighted by Crippen LogP contribution is -2.29. The summed E-state index contributed by atoms with van der Waals surface area (Å²) < 4.78 is 0. The van der Waals surface area contributed by atoms with Gasteiger partial charge in [0.2, 0.25) is 0 Å². The highest BCUT2D eigenvalue weighted by atomic mass is 15.1. The second-order valence-electron chi connectivity index (χ2n) is 9.51. The van der Waals surface area contributed by atoms with Crippen LogP contribution in [-0.2, 0) is 6.54 Å². The molecule has 0 spiro atoms. The van der Waals surface area contributed by atoms with E-state index in [2.05, 4.69) is 47.2 Å². The van der Waals surface area contributed by atoms with E-state index in [9.17, 15) is 0 Å². The number of pyridine rings is 4. The molecule has 0 unspecified atom stereocenters. The SMILES string of the molecule is c1cc(-c2cncc3[nH]c(-c4n[nH]c5cnc(-c6cncc(CN7CCCCC7)c6)cc45)nc23)ccn1. The summed E-state index contributed by atoms with van der Waals surface area (Å²) in [5.41, 5.74) is 8.32. The minimum Gasteiger partial charge on any atom is -0.335 e. The number of hydrogen-bond donors (Lipinski definition) is 2. The van der Waals surface area contributed by atoms with Crippen molar-refractivity contribution in [2.75, 3.05) is 13.1 Å². The first-order valence-electron chi connectivity index (χ1n) is 12.6. The Morgan fingerprint density at radius 1 is 0.811 bits per heavy atom. The zero-order chi connectivity index (χ0) is 24.6. The van der Waals surface area contributed by atoms with Crippen LogP contribution >= 0.6 is 0 Å². The molecule has 1 aliphatic rings. The van der Waals surface area contributed by atoms with Crippen LogP contribution in [0.25, 0.3) is 55.8 Å². The van der Waals surface area contributed by atoms with E-state index in [-0.39, 0.29) is 0 Å². The molecular weight excluding hydrogens is 462 g/mol. The number of hydrogen-bond acceptors (Lipinski definition) is 7. The summed E-state index contributed by atoms with van der Waals surface area (Å²) >= 11 is 0. The van der Waals surface area contributed by atoms with Crippen LogP contribution in [0.15, 0.2) is 67.6 Å². The highest BCUT2D eigenvalue weighted by Crippen LogP contribution is 2.32. The molecular formula is C28H25N9. The number of fused-ring (bicyclic) bond motifs is 2. The molecule has 0 radical (unpaired) electrons. The number of piperidine rings is 1. The van der Waals surface area contributed by atoms with Crippen LogP contribution in [0.1, 0.15) is 24.8 Å². The Morgan fingerprint density at radius 2 is 1.68 bits per heavy atom. The molecule has 1 saturated heterocycles. The summed E-state index contributed by atoms with van der Waals surface area (Å²) in [6.45, 7) is 3.23. The summed E-state index contributed by atoms with van der Waals surface area (Å²) in [4.78, 5) is 28.6. The van der Waals surface area contributed by atoms with Crippen molar-refractivity contribution in [3.63, 3.8) is 0 Å². The van der Waals surface area contributed by atoms with Gasteiger partial charge in [0.1, 0.15) is 5.69 Å². The molecule has 0 aromatic carbocycles. The predicted molar refractivity (Wildman–Crippen MR) is 142 cm³/mol. The molecule has 9 nitrogen and oxygen atoms in total. The van der Waals surface area contributed by atoms with E-state index in [1.165, 1.54) is 24.8 Å². The van der Waals surface area contributed by atoms with Gasteiger partial charge in [-0.15, -0.1) is 0 Å². The van der Waals surface area contributed by atoms with Crippen molar-refractivity contribution in [1.82, 2.24) is 45.0 Å². The van der Waals surface area contributed by atoms with Gasteiger partial charge in [0.25, 0.3) is 0 Å². The maximum absolute atomic E-state index is 4.93. The first kappa shape index (κ1) is 21.8. The molecule has 0 atom stereocenters. The number of rotatable bonds is 5. The fraction of sp³-hybridized carbons (Fsp3) is 0.214. The zero-order valence-corrected chi connectivity index (χ0v) is 20.2. The Labute approximate surface area is 213 Å². The molecule has 0 aliphatic carbocycles. The van der Waals surface area contributed by atoms with Crippen molar-refractivity contribution in [1.29, 1.82) is 0 Å². The van der Waals surface area contributed by atoms with E-state index < -0.39 is 0 Å². The third-order valence-corrected chi connectivity index (χ3v) is 7.00. The minimum absolute atomic E-state index is 0.679. The number of imidazole rings is 1. The van der Waals surface area contributed by atoms with Crippen LogP contribution in [0, 0.1) is 0 Å². The number of H-pyrrole nitrogens is 2. The van der Waals surface area contributed by atoms with Crippen LogP contribution in [0.2, 0.25) is 0 Å². The lowest BCUT2D eigenvalue weighted by molar-refractivity contribution is 0.220. The second-order valence-corrected chi connectivity index (χ2v) is 9.51.